The number of carbonyl (C=O) groups is 2. The van der Waals surface area contributed by atoms with Crippen molar-refractivity contribution in [3.05, 3.63) is 50.0 Å². The lowest BCUT2D eigenvalue weighted by Gasteiger charge is -2.13. The molecular weight excluding hydrogens is 354 g/mol. The van der Waals surface area contributed by atoms with Gasteiger partial charge in [-0.25, -0.2) is 9.59 Å². The number of aromatic nitrogens is 2. The molecule has 0 aliphatic heterocycles. The number of carbonyl (C=O) groups excluding carboxylic acids is 2. The lowest BCUT2D eigenvalue weighted by atomic mass is 10.2. The van der Waals surface area contributed by atoms with Crippen LogP contribution in [-0.2, 0) is 9.53 Å². The van der Waals surface area contributed by atoms with E-state index in [1.165, 1.54) is 13.0 Å². The van der Waals surface area contributed by atoms with Gasteiger partial charge in [0, 0.05) is 5.69 Å². The van der Waals surface area contributed by atoms with E-state index in [1.807, 2.05) is 0 Å². The summed E-state index contributed by atoms with van der Waals surface area (Å²) in [4.78, 5) is 40.8. The maximum atomic E-state index is 12.1. The SMILES string of the molecule is C[C@@H](OC(=O)c1ccc(Cl)s1)C(=O)Nc1ccc2[nH]c(=O)[nH]c2c1. The summed E-state index contributed by atoms with van der Waals surface area (Å²) in [5.74, 6) is -1.09. The third-order valence-electron chi connectivity index (χ3n) is 3.21. The van der Waals surface area contributed by atoms with Crippen LogP contribution in [0.5, 0.6) is 0 Å². The van der Waals surface area contributed by atoms with Crippen LogP contribution in [0.2, 0.25) is 4.34 Å². The van der Waals surface area contributed by atoms with Crippen LogP contribution in [0.4, 0.5) is 5.69 Å². The van der Waals surface area contributed by atoms with E-state index >= 15 is 0 Å². The van der Waals surface area contributed by atoms with E-state index in [9.17, 15) is 14.4 Å². The summed E-state index contributed by atoms with van der Waals surface area (Å²) in [6.45, 7) is 1.47. The highest BCUT2D eigenvalue weighted by molar-refractivity contribution is 7.17. The molecular formula is C15H12ClN3O4S. The largest absolute Gasteiger partial charge is 0.448 e. The van der Waals surface area contributed by atoms with Crippen LogP contribution in [0.3, 0.4) is 0 Å². The van der Waals surface area contributed by atoms with Crippen LogP contribution >= 0.6 is 22.9 Å². The predicted octanol–water partition coefficient (Wildman–Crippen LogP) is 2.76. The van der Waals surface area contributed by atoms with E-state index in [2.05, 4.69) is 15.3 Å². The number of rotatable bonds is 4. The van der Waals surface area contributed by atoms with Crippen LogP contribution in [0.15, 0.2) is 35.1 Å². The second-order valence-electron chi connectivity index (χ2n) is 4.98. The molecule has 3 aromatic rings. The Kier molecular flexibility index (Phi) is 4.41. The van der Waals surface area contributed by atoms with Crippen LogP contribution in [0.25, 0.3) is 11.0 Å². The van der Waals surface area contributed by atoms with Crippen molar-refractivity contribution in [2.75, 3.05) is 5.32 Å². The quantitative estimate of drug-likeness (QED) is 0.618. The number of anilines is 1. The average molecular weight is 366 g/mol. The molecule has 1 aromatic carbocycles. The van der Waals surface area contributed by atoms with Crippen LogP contribution in [-0.4, -0.2) is 27.9 Å². The maximum absolute atomic E-state index is 12.1. The maximum Gasteiger partial charge on any atom is 0.349 e. The molecule has 0 unspecified atom stereocenters. The van der Waals surface area contributed by atoms with Gasteiger partial charge in [-0.05, 0) is 37.3 Å². The fourth-order valence-electron chi connectivity index (χ4n) is 2.05. The van der Waals surface area contributed by atoms with E-state index in [1.54, 1.807) is 24.3 Å². The van der Waals surface area contributed by atoms with Crippen molar-refractivity contribution in [2.45, 2.75) is 13.0 Å². The molecule has 9 heteroatoms. The summed E-state index contributed by atoms with van der Waals surface area (Å²) in [7, 11) is 0. The number of H-pyrrole nitrogens is 2. The van der Waals surface area contributed by atoms with Gasteiger partial charge in [-0.15, -0.1) is 11.3 Å². The summed E-state index contributed by atoms with van der Waals surface area (Å²) in [6, 6.07) is 8.03. The van der Waals surface area contributed by atoms with Gasteiger partial charge in [0.1, 0.15) is 4.88 Å². The molecule has 7 nitrogen and oxygen atoms in total. The first-order chi connectivity index (χ1) is 11.4. The fraction of sp³-hybridized carbons (Fsp3) is 0.133. The highest BCUT2D eigenvalue weighted by Crippen LogP contribution is 2.22. The Bertz CT molecular complexity index is 974. The average Bonchev–Trinajstić information content (AvgIpc) is 3.11. The molecule has 3 rings (SSSR count). The zero-order valence-electron chi connectivity index (χ0n) is 12.4. The zero-order valence-corrected chi connectivity index (χ0v) is 14.0. The first-order valence-corrected chi connectivity index (χ1v) is 8.11. The summed E-state index contributed by atoms with van der Waals surface area (Å²) in [5, 5.41) is 2.63. The van der Waals surface area contributed by atoms with Crippen molar-refractivity contribution in [1.29, 1.82) is 0 Å². The van der Waals surface area contributed by atoms with Gasteiger partial charge in [0.25, 0.3) is 5.91 Å². The molecule has 1 amide bonds. The first kappa shape index (κ1) is 16.3. The molecule has 0 fully saturated rings. The van der Waals surface area contributed by atoms with Gasteiger partial charge in [0.15, 0.2) is 6.10 Å². The van der Waals surface area contributed by atoms with E-state index in [0.717, 1.165) is 11.3 Å². The lowest BCUT2D eigenvalue weighted by molar-refractivity contribution is -0.123. The second kappa shape index (κ2) is 6.50. The molecule has 24 heavy (non-hydrogen) atoms. The smallest absolute Gasteiger partial charge is 0.349 e. The Morgan fingerprint density at radius 2 is 1.96 bits per heavy atom. The van der Waals surface area contributed by atoms with Gasteiger partial charge in [-0.3, -0.25) is 4.79 Å². The molecule has 124 valence electrons. The Morgan fingerprint density at radius 3 is 2.67 bits per heavy atom. The van der Waals surface area contributed by atoms with E-state index in [0.29, 0.717) is 25.9 Å². The minimum atomic E-state index is -0.987. The summed E-state index contributed by atoms with van der Waals surface area (Å²) >= 11 is 6.84. The van der Waals surface area contributed by atoms with Crippen LogP contribution < -0.4 is 11.0 Å². The van der Waals surface area contributed by atoms with E-state index < -0.39 is 18.0 Å². The third-order valence-corrected chi connectivity index (χ3v) is 4.42. The highest BCUT2D eigenvalue weighted by atomic mass is 35.5. The van der Waals surface area contributed by atoms with Gasteiger partial charge >= 0.3 is 11.7 Å². The van der Waals surface area contributed by atoms with Crippen molar-refractivity contribution in [2.24, 2.45) is 0 Å². The molecule has 2 aromatic heterocycles. The van der Waals surface area contributed by atoms with E-state index in [4.69, 9.17) is 16.3 Å². The number of amides is 1. The summed E-state index contributed by atoms with van der Waals surface area (Å²) in [5.41, 5.74) is 1.35. The second-order valence-corrected chi connectivity index (χ2v) is 6.70. The molecule has 0 saturated heterocycles. The van der Waals surface area contributed by atoms with Gasteiger partial charge in [0.05, 0.1) is 15.4 Å². The minimum Gasteiger partial charge on any atom is -0.448 e. The van der Waals surface area contributed by atoms with E-state index in [-0.39, 0.29) is 5.69 Å². The number of imidazole rings is 1. The third kappa shape index (κ3) is 3.50. The number of hydrogen-bond acceptors (Lipinski definition) is 5. The molecule has 0 spiro atoms. The summed E-state index contributed by atoms with van der Waals surface area (Å²) in [6.07, 6.45) is -0.987. The molecule has 0 saturated carbocycles. The standard InChI is InChI=1S/C15H12ClN3O4S/c1-7(23-14(21)11-4-5-12(16)24-11)13(20)17-8-2-3-9-10(6-8)19-15(22)18-9/h2-7H,1H3,(H,17,20)(H2,18,19,22)/t7-/m1/s1. The minimum absolute atomic E-state index is 0.325. The van der Waals surface area contributed by atoms with Gasteiger partial charge in [0.2, 0.25) is 0 Å². The predicted molar refractivity (Wildman–Crippen MR) is 91.8 cm³/mol. The Morgan fingerprint density at radius 1 is 1.21 bits per heavy atom. The molecule has 3 N–H and O–H groups in total. The Balaban J connectivity index is 1.66. The van der Waals surface area contributed by atoms with Gasteiger partial charge < -0.3 is 20.0 Å². The number of aromatic amines is 2. The molecule has 0 bridgehead atoms. The molecule has 0 aliphatic rings. The number of esters is 1. The number of halogens is 1. The molecule has 1 atom stereocenters. The normalized spacial score (nSPS) is 12.1. The first-order valence-electron chi connectivity index (χ1n) is 6.91. The van der Waals surface area contributed by atoms with Crippen molar-refractivity contribution in [1.82, 2.24) is 9.97 Å². The highest BCUT2D eigenvalue weighted by Gasteiger charge is 2.20. The lowest BCUT2D eigenvalue weighted by Crippen LogP contribution is -2.29. The van der Waals surface area contributed by atoms with Crippen molar-refractivity contribution in [3.63, 3.8) is 0 Å². The Hall–Kier alpha value is -2.58. The van der Waals surface area contributed by atoms with Crippen molar-refractivity contribution in [3.8, 4) is 0 Å². The number of hydrogen-bond donors (Lipinski definition) is 3. The van der Waals surface area contributed by atoms with Crippen LogP contribution in [0.1, 0.15) is 16.6 Å². The number of nitrogens with one attached hydrogen (secondary N) is 3. The summed E-state index contributed by atoms with van der Waals surface area (Å²) < 4.78 is 5.58. The van der Waals surface area contributed by atoms with Crippen molar-refractivity contribution >= 4 is 51.5 Å². The number of thiophene rings is 1. The van der Waals surface area contributed by atoms with Crippen LogP contribution in [0, 0.1) is 0 Å². The van der Waals surface area contributed by atoms with Crippen molar-refractivity contribution < 1.29 is 14.3 Å². The fourth-order valence-corrected chi connectivity index (χ4v) is 2.98. The molecule has 0 radical (unpaired) electrons. The topological polar surface area (TPSA) is 104 Å². The molecule has 2 heterocycles. The van der Waals surface area contributed by atoms with Gasteiger partial charge in [-0.2, -0.15) is 0 Å². The van der Waals surface area contributed by atoms with Gasteiger partial charge in [-0.1, -0.05) is 11.6 Å². The zero-order chi connectivity index (χ0) is 17.3. The molecule has 0 aliphatic carbocycles. The Labute approximate surface area is 144 Å². The number of fused-ring (bicyclic) bond motifs is 1. The number of benzene rings is 1. The number of ether oxygens (including phenoxy) is 1. The monoisotopic (exact) mass is 365 g/mol.